The van der Waals surface area contributed by atoms with Gasteiger partial charge in [0.25, 0.3) is 5.56 Å². The fourth-order valence-corrected chi connectivity index (χ4v) is 6.63. The van der Waals surface area contributed by atoms with E-state index >= 15 is 0 Å². The fraction of sp³-hybridized carbons (Fsp3) is 0.500. The molecular formula is C22H29N3O4S. The molecule has 1 aromatic carbocycles. The van der Waals surface area contributed by atoms with Gasteiger partial charge in [-0.25, -0.2) is 13.4 Å². The Morgan fingerprint density at radius 2 is 1.87 bits per heavy atom. The zero-order chi connectivity index (χ0) is 21.9. The van der Waals surface area contributed by atoms with E-state index < -0.39 is 26.2 Å². The zero-order valence-corrected chi connectivity index (χ0v) is 18.5. The number of H-pyrrole nitrogens is 1. The summed E-state index contributed by atoms with van der Waals surface area (Å²) in [5.74, 6) is -0.459. The van der Waals surface area contributed by atoms with Crippen LogP contribution in [-0.4, -0.2) is 34.8 Å². The Morgan fingerprint density at radius 3 is 2.50 bits per heavy atom. The number of aromatic nitrogens is 2. The molecule has 7 nitrogen and oxygen atoms in total. The number of amides is 1. The second-order valence-corrected chi connectivity index (χ2v) is 10.7. The van der Waals surface area contributed by atoms with Gasteiger partial charge in [-0.05, 0) is 37.8 Å². The molecule has 30 heavy (non-hydrogen) atoms. The number of aryl methyl sites for hydroxylation is 1. The minimum atomic E-state index is -3.59. The van der Waals surface area contributed by atoms with Crippen molar-refractivity contribution in [2.75, 3.05) is 5.32 Å². The van der Waals surface area contributed by atoms with Gasteiger partial charge in [0.1, 0.15) is 11.1 Å². The van der Waals surface area contributed by atoms with Crippen LogP contribution in [0.15, 0.2) is 35.1 Å². The van der Waals surface area contributed by atoms with E-state index in [1.54, 1.807) is 45.0 Å². The second-order valence-electron chi connectivity index (χ2n) is 8.32. The monoisotopic (exact) mass is 431 g/mol. The lowest BCUT2D eigenvalue weighted by Crippen LogP contribution is -2.44. The van der Waals surface area contributed by atoms with Crippen LogP contribution in [0.2, 0.25) is 0 Å². The van der Waals surface area contributed by atoms with E-state index in [9.17, 15) is 18.0 Å². The summed E-state index contributed by atoms with van der Waals surface area (Å²) in [7, 11) is -3.59. The van der Waals surface area contributed by atoms with E-state index in [0.717, 1.165) is 19.3 Å². The molecule has 1 aromatic heterocycles. The molecule has 1 fully saturated rings. The minimum Gasteiger partial charge on any atom is -0.325 e. The lowest BCUT2D eigenvalue weighted by atomic mass is 10.0. The van der Waals surface area contributed by atoms with E-state index in [2.05, 4.69) is 15.3 Å². The number of nitrogens with one attached hydrogen (secondary N) is 2. The Balaban J connectivity index is 1.85. The van der Waals surface area contributed by atoms with Gasteiger partial charge in [-0.2, -0.15) is 0 Å². The number of nitrogens with zero attached hydrogens (tertiary/aromatic N) is 1. The van der Waals surface area contributed by atoms with Gasteiger partial charge in [0.15, 0.2) is 9.84 Å². The van der Waals surface area contributed by atoms with Crippen LogP contribution < -0.4 is 10.9 Å². The summed E-state index contributed by atoms with van der Waals surface area (Å²) in [5.41, 5.74) is 1.42. The van der Waals surface area contributed by atoms with Crippen molar-refractivity contribution >= 4 is 21.4 Å². The summed E-state index contributed by atoms with van der Waals surface area (Å²) in [6, 6.07) is 8.28. The molecule has 0 aliphatic heterocycles. The van der Waals surface area contributed by atoms with E-state index in [-0.39, 0.29) is 11.5 Å². The Kier molecular flexibility index (Phi) is 6.75. The largest absolute Gasteiger partial charge is 0.325 e. The van der Waals surface area contributed by atoms with Crippen molar-refractivity contribution in [2.45, 2.75) is 63.4 Å². The molecule has 162 valence electrons. The van der Waals surface area contributed by atoms with Crippen LogP contribution >= 0.6 is 0 Å². The number of hydrogen-bond acceptors (Lipinski definition) is 5. The molecule has 1 atom stereocenters. The highest BCUT2D eigenvalue weighted by Gasteiger charge is 2.41. The highest BCUT2D eigenvalue weighted by Crippen LogP contribution is 2.30. The van der Waals surface area contributed by atoms with Gasteiger partial charge in [0, 0.05) is 23.0 Å². The molecule has 0 spiro atoms. The first-order chi connectivity index (χ1) is 14.2. The number of carbonyl (C=O) groups is 1. The standard InChI is InChI=1S/C22H29N3O4S/c1-14(2)20(30(28,29)18-10-5-4-6-11-18)22(27)24-17-9-7-8-16(13-17)21-23-15(3)12-19(26)25-21/h7-9,12-14,18,20H,4-6,10-11H2,1-3H3,(H,24,27)(H,23,25,26). The van der Waals surface area contributed by atoms with E-state index in [1.165, 1.54) is 6.07 Å². The van der Waals surface area contributed by atoms with E-state index in [1.807, 2.05) is 0 Å². The van der Waals surface area contributed by atoms with Gasteiger partial charge in [-0.3, -0.25) is 9.59 Å². The van der Waals surface area contributed by atoms with E-state index in [0.29, 0.717) is 35.6 Å². The predicted molar refractivity (Wildman–Crippen MR) is 118 cm³/mol. The number of anilines is 1. The van der Waals surface area contributed by atoms with Crippen LogP contribution in [0.25, 0.3) is 11.4 Å². The Labute approximate surface area is 177 Å². The maximum atomic E-state index is 13.2. The highest BCUT2D eigenvalue weighted by atomic mass is 32.2. The zero-order valence-electron chi connectivity index (χ0n) is 17.6. The fourth-order valence-electron chi connectivity index (χ4n) is 4.11. The number of hydrogen-bond donors (Lipinski definition) is 2. The van der Waals surface area contributed by atoms with Crippen molar-refractivity contribution in [3.8, 4) is 11.4 Å². The molecular weight excluding hydrogens is 402 g/mol. The van der Waals surface area contributed by atoms with Crippen LogP contribution in [0.3, 0.4) is 0 Å². The summed E-state index contributed by atoms with van der Waals surface area (Å²) in [6.45, 7) is 5.26. The van der Waals surface area contributed by atoms with Gasteiger partial charge in [0.05, 0.1) is 5.25 Å². The molecule has 3 rings (SSSR count). The Hall–Kier alpha value is -2.48. The smallest absolute Gasteiger partial charge is 0.251 e. The first-order valence-electron chi connectivity index (χ1n) is 10.4. The molecule has 1 aliphatic rings. The number of rotatable bonds is 6. The molecule has 1 saturated carbocycles. The molecule has 2 N–H and O–H groups in total. The minimum absolute atomic E-state index is 0.259. The molecule has 1 aliphatic carbocycles. The van der Waals surface area contributed by atoms with Crippen molar-refractivity contribution in [3.63, 3.8) is 0 Å². The topological polar surface area (TPSA) is 109 Å². The van der Waals surface area contributed by atoms with Gasteiger partial charge in [-0.15, -0.1) is 0 Å². The Bertz CT molecular complexity index is 1070. The van der Waals surface area contributed by atoms with Gasteiger partial charge < -0.3 is 10.3 Å². The maximum absolute atomic E-state index is 13.2. The first kappa shape index (κ1) is 22.2. The van der Waals surface area contributed by atoms with Crippen LogP contribution in [0, 0.1) is 12.8 Å². The number of sulfone groups is 1. The average molecular weight is 432 g/mol. The second kappa shape index (κ2) is 9.12. The summed E-state index contributed by atoms with van der Waals surface area (Å²) in [4.78, 5) is 31.8. The molecule has 0 saturated heterocycles. The third kappa shape index (κ3) is 4.98. The quantitative estimate of drug-likeness (QED) is 0.728. The summed E-state index contributed by atoms with van der Waals surface area (Å²) in [5, 5.41) is 1.23. The lowest BCUT2D eigenvalue weighted by molar-refractivity contribution is -0.116. The SMILES string of the molecule is Cc1cc(=O)[nH]c(-c2cccc(NC(=O)C(C(C)C)S(=O)(=O)C3CCCCC3)c2)n1. The van der Waals surface area contributed by atoms with Crippen molar-refractivity contribution in [3.05, 3.63) is 46.4 Å². The van der Waals surface area contributed by atoms with Crippen molar-refractivity contribution in [1.82, 2.24) is 9.97 Å². The predicted octanol–water partition coefficient (Wildman–Crippen LogP) is 3.46. The van der Waals surface area contributed by atoms with Gasteiger partial charge in [-0.1, -0.05) is 45.2 Å². The van der Waals surface area contributed by atoms with Crippen molar-refractivity contribution in [2.24, 2.45) is 5.92 Å². The summed E-state index contributed by atoms with van der Waals surface area (Å²) >= 11 is 0. The maximum Gasteiger partial charge on any atom is 0.251 e. The van der Waals surface area contributed by atoms with Crippen LogP contribution in [-0.2, 0) is 14.6 Å². The molecule has 2 aromatic rings. The Morgan fingerprint density at radius 1 is 1.17 bits per heavy atom. The highest BCUT2D eigenvalue weighted by molar-refractivity contribution is 7.93. The van der Waals surface area contributed by atoms with Gasteiger partial charge >= 0.3 is 0 Å². The molecule has 8 heteroatoms. The van der Waals surface area contributed by atoms with Crippen LogP contribution in [0.1, 0.15) is 51.6 Å². The van der Waals surface area contributed by atoms with Crippen LogP contribution in [0.4, 0.5) is 5.69 Å². The number of benzene rings is 1. The van der Waals surface area contributed by atoms with E-state index in [4.69, 9.17) is 0 Å². The third-order valence-electron chi connectivity index (χ3n) is 5.51. The molecule has 0 bridgehead atoms. The lowest BCUT2D eigenvalue weighted by Gasteiger charge is -2.28. The molecule has 1 amide bonds. The number of carbonyl (C=O) groups excluding carboxylic acids is 1. The van der Waals surface area contributed by atoms with Crippen molar-refractivity contribution < 1.29 is 13.2 Å². The normalized spacial score (nSPS) is 16.4. The van der Waals surface area contributed by atoms with Crippen LogP contribution in [0.5, 0.6) is 0 Å². The molecule has 0 radical (unpaired) electrons. The van der Waals surface area contributed by atoms with Crippen molar-refractivity contribution in [1.29, 1.82) is 0 Å². The summed E-state index contributed by atoms with van der Waals surface area (Å²) < 4.78 is 26.4. The first-order valence-corrected chi connectivity index (χ1v) is 12.0. The number of aromatic amines is 1. The third-order valence-corrected chi connectivity index (χ3v) is 8.37. The van der Waals surface area contributed by atoms with Gasteiger partial charge in [0.2, 0.25) is 5.91 Å². The molecule has 1 heterocycles. The summed E-state index contributed by atoms with van der Waals surface area (Å²) in [6.07, 6.45) is 4.08. The average Bonchev–Trinajstić information content (AvgIpc) is 2.67. The molecule has 1 unspecified atom stereocenters.